The van der Waals surface area contributed by atoms with Crippen LogP contribution in [0.5, 0.6) is 0 Å². The lowest BCUT2D eigenvalue weighted by molar-refractivity contribution is -0.146. The third kappa shape index (κ3) is 5.80. The predicted octanol–water partition coefficient (Wildman–Crippen LogP) is 5.94. The smallest absolute Gasteiger partial charge is 0.229 e. The molecule has 0 saturated heterocycles. The summed E-state index contributed by atoms with van der Waals surface area (Å²) in [5, 5.41) is 11.3. The molecule has 0 aliphatic heterocycles. The second-order valence-electron chi connectivity index (χ2n) is 9.42. The molecule has 0 aliphatic rings. The third-order valence-corrected chi connectivity index (χ3v) is 5.35. The maximum atomic E-state index is 13.8. The Bertz CT molecular complexity index is 794. The number of allylic oxidation sites excluding steroid dienone is 1. The molecule has 0 unspecified atom stereocenters. The number of aliphatic hydroxyl groups excluding tert-OH is 1. The molecule has 3 nitrogen and oxygen atoms in total. The van der Waals surface area contributed by atoms with Gasteiger partial charge in [-0.25, -0.2) is 0 Å². The van der Waals surface area contributed by atoms with Crippen LogP contribution in [-0.2, 0) is 4.79 Å². The van der Waals surface area contributed by atoms with E-state index in [-0.39, 0.29) is 11.3 Å². The first-order chi connectivity index (χ1) is 13.6. The lowest BCUT2D eigenvalue weighted by atomic mass is 9.72. The minimum atomic E-state index is -0.824. The molecule has 2 aromatic rings. The quantitative estimate of drug-likeness (QED) is 0.564. The Balaban J connectivity index is 2.46. The van der Waals surface area contributed by atoms with Gasteiger partial charge in [-0.05, 0) is 29.4 Å². The fourth-order valence-corrected chi connectivity index (χ4v) is 4.38. The van der Waals surface area contributed by atoms with Crippen LogP contribution in [0.2, 0.25) is 0 Å². The van der Waals surface area contributed by atoms with Crippen molar-refractivity contribution in [2.24, 2.45) is 10.8 Å². The number of aliphatic hydroxyl groups is 1. The highest BCUT2D eigenvalue weighted by Gasteiger charge is 2.41. The molecule has 2 rings (SSSR count). The number of nitrogens with zero attached hydrogens (tertiary/aromatic N) is 1. The Morgan fingerprint density at radius 1 is 1.00 bits per heavy atom. The summed E-state index contributed by atoms with van der Waals surface area (Å²) in [5.74, 6) is 0.0242. The van der Waals surface area contributed by atoms with Gasteiger partial charge in [-0.2, -0.15) is 0 Å². The summed E-state index contributed by atoms with van der Waals surface area (Å²) in [5.41, 5.74) is 1.12. The molecule has 3 atom stereocenters. The fraction of sp³-hybridized carbons (Fsp3) is 0.423. The summed E-state index contributed by atoms with van der Waals surface area (Å²) in [4.78, 5) is 15.5. The second-order valence-corrected chi connectivity index (χ2v) is 9.42. The minimum absolute atomic E-state index is 0.00541. The summed E-state index contributed by atoms with van der Waals surface area (Å²) in [6.45, 7) is 12.3. The monoisotopic (exact) mass is 393 g/mol. The van der Waals surface area contributed by atoms with Crippen LogP contribution >= 0.6 is 0 Å². The maximum Gasteiger partial charge on any atom is 0.229 e. The predicted molar refractivity (Wildman–Crippen MR) is 120 cm³/mol. The van der Waals surface area contributed by atoms with E-state index in [1.807, 2.05) is 73.7 Å². The van der Waals surface area contributed by atoms with Gasteiger partial charge < -0.3 is 10.0 Å². The molecule has 0 fully saturated rings. The zero-order valence-electron chi connectivity index (χ0n) is 18.4. The highest BCUT2D eigenvalue weighted by Crippen LogP contribution is 2.41. The summed E-state index contributed by atoms with van der Waals surface area (Å²) >= 11 is 0. The van der Waals surface area contributed by atoms with E-state index in [1.165, 1.54) is 0 Å². The van der Waals surface area contributed by atoms with Crippen LogP contribution in [-0.4, -0.2) is 23.0 Å². The minimum Gasteiger partial charge on any atom is -0.386 e. The Hall–Kier alpha value is -2.39. The molecule has 0 heterocycles. The van der Waals surface area contributed by atoms with Crippen molar-refractivity contribution in [3.8, 4) is 0 Å². The van der Waals surface area contributed by atoms with Crippen molar-refractivity contribution in [3.63, 3.8) is 0 Å². The lowest BCUT2D eigenvalue weighted by Crippen LogP contribution is -2.45. The summed E-state index contributed by atoms with van der Waals surface area (Å²) in [6.07, 6.45) is 2.33. The number of hydrogen-bond acceptors (Lipinski definition) is 2. The summed E-state index contributed by atoms with van der Waals surface area (Å²) in [6, 6.07) is 18.8. The number of hydrogen-bond donors (Lipinski definition) is 1. The molecular weight excluding hydrogens is 358 g/mol. The normalized spacial score (nSPS) is 15.8. The van der Waals surface area contributed by atoms with Gasteiger partial charge >= 0.3 is 0 Å². The van der Waals surface area contributed by atoms with E-state index in [9.17, 15) is 9.90 Å². The molecule has 0 radical (unpaired) electrons. The van der Waals surface area contributed by atoms with Crippen molar-refractivity contribution in [1.82, 2.24) is 4.90 Å². The summed E-state index contributed by atoms with van der Waals surface area (Å²) < 4.78 is 0. The highest BCUT2D eigenvalue weighted by atomic mass is 16.3. The maximum absolute atomic E-state index is 13.8. The van der Waals surface area contributed by atoms with Crippen molar-refractivity contribution in [3.05, 3.63) is 84.4 Å². The summed E-state index contributed by atoms with van der Waals surface area (Å²) in [7, 11) is 1.80. The molecular formula is C26H35NO2. The van der Waals surface area contributed by atoms with E-state index in [0.717, 1.165) is 17.5 Å². The van der Waals surface area contributed by atoms with Crippen molar-refractivity contribution in [2.75, 3.05) is 7.05 Å². The number of benzene rings is 2. The molecule has 0 saturated carbocycles. The van der Waals surface area contributed by atoms with E-state index in [0.29, 0.717) is 6.42 Å². The van der Waals surface area contributed by atoms with E-state index in [2.05, 4.69) is 27.4 Å². The Kier molecular flexibility index (Phi) is 7.43. The van der Waals surface area contributed by atoms with Gasteiger partial charge in [-0.3, -0.25) is 4.79 Å². The highest BCUT2D eigenvalue weighted by molar-refractivity contribution is 5.83. The zero-order valence-corrected chi connectivity index (χ0v) is 18.4. The van der Waals surface area contributed by atoms with Crippen LogP contribution in [0.1, 0.15) is 63.8 Å². The lowest BCUT2D eigenvalue weighted by Gasteiger charge is -2.41. The van der Waals surface area contributed by atoms with E-state index >= 15 is 0 Å². The Morgan fingerprint density at radius 2 is 1.48 bits per heavy atom. The third-order valence-electron chi connectivity index (χ3n) is 5.35. The molecule has 0 aliphatic carbocycles. The molecule has 0 bridgehead atoms. The van der Waals surface area contributed by atoms with Gasteiger partial charge in [-0.15, -0.1) is 6.58 Å². The molecule has 1 amide bonds. The molecule has 0 spiro atoms. The SMILES string of the molecule is C=CC[C@@](C)(CC(C)(C)C)C(=O)N(C)[C@@H](c1ccccc1)[C@@H](O)c1ccccc1. The number of amides is 1. The number of carbonyl (C=O) groups is 1. The van der Waals surface area contributed by atoms with Gasteiger partial charge in [0.15, 0.2) is 0 Å². The average molecular weight is 394 g/mol. The first kappa shape index (κ1) is 22.9. The van der Waals surface area contributed by atoms with E-state index < -0.39 is 17.6 Å². The molecule has 156 valence electrons. The van der Waals surface area contributed by atoms with Crippen LogP contribution in [0.3, 0.4) is 0 Å². The van der Waals surface area contributed by atoms with Gasteiger partial charge in [0.2, 0.25) is 5.91 Å². The Labute approximate surface area is 176 Å². The number of carbonyl (C=O) groups excluding carboxylic acids is 1. The van der Waals surface area contributed by atoms with Crippen LogP contribution < -0.4 is 0 Å². The molecule has 29 heavy (non-hydrogen) atoms. The fourth-order valence-electron chi connectivity index (χ4n) is 4.38. The first-order valence-electron chi connectivity index (χ1n) is 10.3. The molecule has 2 aromatic carbocycles. The van der Waals surface area contributed by atoms with Crippen molar-refractivity contribution in [1.29, 1.82) is 0 Å². The van der Waals surface area contributed by atoms with Crippen molar-refractivity contribution in [2.45, 2.75) is 52.7 Å². The number of likely N-dealkylation sites (N-methyl/N-ethyl adjacent to an activating group) is 1. The van der Waals surface area contributed by atoms with Gasteiger partial charge in [0, 0.05) is 7.05 Å². The van der Waals surface area contributed by atoms with Crippen LogP contribution in [0.25, 0.3) is 0 Å². The number of rotatable bonds is 8. The van der Waals surface area contributed by atoms with Crippen molar-refractivity contribution < 1.29 is 9.90 Å². The van der Waals surface area contributed by atoms with Gasteiger partial charge in [0.05, 0.1) is 11.5 Å². The van der Waals surface area contributed by atoms with Crippen LogP contribution in [0.4, 0.5) is 0 Å². The van der Waals surface area contributed by atoms with E-state index in [1.54, 1.807) is 11.9 Å². The first-order valence-corrected chi connectivity index (χ1v) is 10.3. The largest absolute Gasteiger partial charge is 0.386 e. The van der Waals surface area contributed by atoms with Gasteiger partial charge in [0.1, 0.15) is 6.10 Å². The standard InChI is InChI=1S/C26H35NO2/c1-7-18-26(5,19-25(2,3)4)24(29)27(6)22(20-14-10-8-11-15-20)23(28)21-16-12-9-13-17-21/h7-17,22-23,28H,1,18-19H2,2-6H3/t22-,23-,26-/m0/s1. The zero-order chi connectivity index (χ0) is 21.7. The molecule has 0 aromatic heterocycles. The molecule has 1 N–H and O–H groups in total. The van der Waals surface area contributed by atoms with Crippen molar-refractivity contribution >= 4 is 5.91 Å². The topological polar surface area (TPSA) is 40.5 Å². The molecule has 3 heteroatoms. The second kappa shape index (κ2) is 9.41. The average Bonchev–Trinajstić information content (AvgIpc) is 2.67. The van der Waals surface area contributed by atoms with E-state index in [4.69, 9.17) is 0 Å². The van der Waals surface area contributed by atoms with Gasteiger partial charge in [-0.1, -0.05) is 94.4 Å². The van der Waals surface area contributed by atoms with Gasteiger partial charge in [0.25, 0.3) is 0 Å². The Morgan fingerprint density at radius 3 is 1.93 bits per heavy atom. The van der Waals surface area contributed by atoms with Crippen LogP contribution in [0, 0.1) is 10.8 Å². The van der Waals surface area contributed by atoms with Crippen LogP contribution in [0.15, 0.2) is 73.3 Å².